The lowest BCUT2D eigenvalue weighted by atomic mass is 10.2. The average molecular weight is 290 g/mol. The molecule has 110 valence electrons. The van der Waals surface area contributed by atoms with Gasteiger partial charge in [0, 0.05) is 12.1 Å². The molecule has 5 nitrogen and oxygen atoms in total. The minimum absolute atomic E-state index is 0.0609. The fourth-order valence-corrected chi connectivity index (χ4v) is 1.65. The molecule has 1 heterocycles. The molecule has 0 bridgehead atoms. The summed E-state index contributed by atoms with van der Waals surface area (Å²) >= 11 is 0. The summed E-state index contributed by atoms with van der Waals surface area (Å²) in [7, 11) is 0. The van der Waals surface area contributed by atoms with Crippen LogP contribution in [0, 0.1) is 5.82 Å². The molecule has 0 aliphatic heterocycles. The van der Waals surface area contributed by atoms with Gasteiger partial charge in [-0.3, -0.25) is 4.68 Å². The van der Waals surface area contributed by atoms with E-state index in [-0.39, 0.29) is 11.8 Å². The summed E-state index contributed by atoms with van der Waals surface area (Å²) in [5, 5.41) is 12.6. The number of nitrogens with zero attached hydrogens (tertiary/aromatic N) is 2. The molecule has 0 aliphatic rings. The molecule has 0 amide bonds. The molecular weight excluding hydrogens is 275 g/mol. The van der Waals surface area contributed by atoms with Gasteiger partial charge < -0.3 is 9.84 Å². The first-order valence-corrected chi connectivity index (χ1v) is 6.38. The smallest absolute Gasteiger partial charge is 0.328 e. The van der Waals surface area contributed by atoms with Crippen molar-refractivity contribution < 1.29 is 19.0 Å². The van der Waals surface area contributed by atoms with Crippen LogP contribution < -0.4 is 4.74 Å². The lowest BCUT2D eigenvalue weighted by molar-refractivity contribution is -0.131. The molecule has 1 N–H and O–H groups in total. The Kier molecular flexibility index (Phi) is 4.37. The second-order valence-corrected chi connectivity index (χ2v) is 4.71. The van der Waals surface area contributed by atoms with Crippen LogP contribution in [0.15, 0.2) is 36.7 Å². The fourth-order valence-electron chi connectivity index (χ4n) is 1.65. The second-order valence-electron chi connectivity index (χ2n) is 4.71. The van der Waals surface area contributed by atoms with Crippen LogP contribution in [-0.2, 0) is 4.79 Å². The Balaban J connectivity index is 2.15. The maximum atomic E-state index is 13.9. The number of hydrogen-bond donors (Lipinski definition) is 1. The third-order valence-corrected chi connectivity index (χ3v) is 2.71. The van der Waals surface area contributed by atoms with Gasteiger partial charge in [-0.25, -0.2) is 9.18 Å². The van der Waals surface area contributed by atoms with E-state index in [1.807, 2.05) is 13.8 Å². The van der Waals surface area contributed by atoms with Crippen molar-refractivity contribution in [2.75, 3.05) is 0 Å². The van der Waals surface area contributed by atoms with Crippen LogP contribution in [0.1, 0.15) is 25.5 Å². The minimum atomic E-state index is -1.09. The number of ether oxygens (including phenoxy) is 1. The van der Waals surface area contributed by atoms with Crippen molar-refractivity contribution in [1.29, 1.82) is 0 Å². The van der Waals surface area contributed by atoms with Gasteiger partial charge >= 0.3 is 5.97 Å². The molecule has 0 fully saturated rings. The molecule has 0 saturated heterocycles. The first kappa shape index (κ1) is 14.8. The van der Waals surface area contributed by atoms with Gasteiger partial charge in [-0.2, -0.15) is 5.10 Å². The van der Waals surface area contributed by atoms with E-state index in [2.05, 4.69) is 5.10 Å². The fraction of sp³-hybridized carbons (Fsp3) is 0.200. The highest BCUT2D eigenvalue weighted by Crippen LogP contribution is 2.25. The van der Waals surface area contributed by atoms with Crippen LogP contribution in [0.25, 0.3) is 6.08 Å². The highest BCUT2D eigenvalue weighted by atomic mass is 19.1. The number of carbonyl (C=O) groups is 1. The number of aromatic nitrogens is 2. The predicted molar refractivity (Wildman–Crippen MR) is 75.8 cm³/mol. The van der Waals surface area contributed by atoms with Crippen molar-refractivity contribution in [3.8, 4) is 11.5 Å². The lowest BCUT2D eigenvalue weighted by Crippen LogP contribution is -1.99. The summed E-state index contributed by atoms with van der Waals surface area (Å²) in [6.45, 7) is 3.95. The zero-order valence-electron chi connectivity index (χ0n) is 11.7. The Hall–Kier alpha value is -2.63. The van der Waals surface area contributed by atoms with Crippen molar-refractivity contribution in [2.24, 2.45) is 0 Å². The highest BCUT2D eigenvalue weighted by Gasteiger charge is 2.08. The Labute approximate surface area is 121 Å². The molecule has 2 aromatic rings. The molecule has 6 heteroatoms. The van der Waals surface area contributed by atoms with E-state index < -0.39 is 11.8 Å². The monoisotopic (exact) mass is 290 g/mol. The van der Waals surface area contributed by atoms with E-state index in [0.29, 0.717) is 11.3 Å². The molecule has 0 aliphatic carbocycles. The maximum absolute atomic E-state index is 13.9. The minimum Gasteiger partial charge on any atom is -0.478 e. The number of carboxylic acids is 1. The van der Waals surface area contributed by atoms with Crippen LogP contribution in [-0.4, -0.2) is 20.9 Å². The average Bonchev–Trinajstić information content (AvgIpc) is 2.88. The van der Waals surface area contributed by atoms with Gasteiger partial charge in [0.25, 0.3) is 0 Å². The van der Waals surface area contributed by atoms with Crippen LogP contribution in [0.4, 0.5) is 4.39 Å². The Morgan fingerprint density at radius 2 is 2.24 bits per heavy atom. The molecule has 1 aromatic carbocycles. The number of benzene rings is 1. The zero-order chi connectivity index (χ0) is 15.4. The topological polar surface area (TPSA) is 64.3 Å². The summed E-state index contributed by atoms with van der Waals surface area (Å²) in [6.07, 6.45) is 5.45. The molecule has 21 heavy (non-hydrogen) atoms. The van der Waals surface area contributed by atoms with E-state index in [4.69, 9.17) is 9.84 Å². The summed E-state index contributed by atoms with van der Waals surface area (Å²) < 4.78 is 21.0. The quantitative estimate of drug-likeness (QED) is 0.856. The first-order valence-electron chi connectivity index (χ1n) is 6.38. The Morgan fingerprint density at radius 3 is 2.81 bits per heavy atom. The Morgan fingerprint density at radius 1 is 1.48 bits per heavy atom. The summed E-state index contributed by atoms with van der Waals surface area (Å²) in [4.78, 5) is 10.4. The van der Waals surface area contributed by atoms with Crippen LogP contribution in [0.2, 0.25) is 0 Å². The van der Waals surface area contributed by atoms with Crippen molar-refractivity contribution in [2.45, 2.75) is 19.9 Å². The van der Waals surface area contributed by atoms with Gasteiger partial charge in [-0.1, -0.05) is 6.07 Å². The summed E-state index contributed by atoms with van der Waals surface area (Å²) in [5.74, 6) is -1.15. The largest absolute Gasteiger partial charge is 0.478 e. The lowest BCUT2D eigenvalue weighted by Gasteiger charge is -2.06. The molecule has 0 saturated carbocycles. The first-order chi connectivity index (χ1) is 9.95. The van der Waals surface area contributed by atoms with E-state index in [0.717, 1.165) is 6.08 Å². The van der Waals surface area contributed by atoms with Gasteiger partial charge in [-0.05, 0) is 37.6 Å². The highest BCUT2D eigenvalue weighted by molar-refractivity contribution is 5.85. The van der Waals surface area contributed by atoms with Crippen LogP contribution in [0.5, 0.6) is 11.5 Å². The molecule has 0 radical (unpaired) electrons. The standard InChI is InChI=1S/C15H15FN2O3/c1-10(2)18-9-12(8-17-18)21-14-5-3-11(7-13(14)16)4-6-15(19)20/h3-10H,1-2H3,(H,19,20)/b6-4+. The van der Waals surface area contributed by atoms with Crippen LogP contribution in [0.3, 0.4) is 0 Å². The van der Waals surface area contributed by atoms with Gasteiger partial charge in [-0.15, -0.1) is 0 Å². The van der Waals surface area contributed by atoms with Gasteiger partial charge in [0.1, 0.15) is 0 Å². The third-order valence-electron chi connectivity index (χ3n) is 2.71. The molecule has 1 aromatic heterocycles. The maximum Gasteiger partial charge on any atom is 0.328 e. The number of carboxylic acid groups (broad SMARTS) is 1. The van der Waals surface area contributed by atoms with Crippen LogP contribution >= 0.6 is 0 Å². The van der Waals surface area contributed by atoms with Gasteiger partial charge in [0.15, 0.2) is 17.3 Å². The SMILES string of the molecule is CC(C)n1cc(Oc2ccc(/C=C/C(=O)O)cc2F)cn1. The molecule has 0 atom stereocenters. The Bertz CT molecular complexity index is 677. The molecule has 2 rings (SSSR count). The van der Waals surface area contributed by atoms with Gasteiger partial charge in [0.05, 0.1) is 12.4 Å². The van der Waals surface area contributed by atoms with E-state index in [1.54, 1.807) is 16.9 Å². The molecule has 0 spiro atoms. The van der Waals surface area contributed by atoms with E-state index in [1.165, 1.54) is 24.4 Å². The third kappa shape index (κ3) is 3.92. The van der Waals surface area contributed by atoms with E-state index >= 15 is 0 Å². The van der Waals surface area contributed by atoms with Crippen molar-refractivity contribution >= 4 is 12.0 Å². The number of rotatable bonds is 5. The van der Waals surface area contributed by atoms with E-state index in [9.17, 15) is 9.18 Å². The summed E-state index contributed by atoms with van der Waals surface area (Å²) in [5.41, 5.74) is 0.445. The molecular formula is C15H15FN2O3. The van der Waals surface area contributed by atoms with Crippen molar-refractivity contribution in [1.82, 2.24) is 9.78 Å². The second kappa shape index (κ2) is 6.21. The normalized spacial score (nSPS) is 11.2. The number of hydrogen-bond acceptors (Lipinski definition) is 3. The van der Waals surface area contributed by atoms with Gasteiger partial charge in [0.2, 0.25) is 0 Å². The number of aliphatic carboxylic acids is 1. The zero-order valence-corrected chi connectivity index (χ0v) is 11.7. The predicted octanol–water partition coefficient (Wildman–Crippen LogP) is 3.49. The number of halogens is 1. The summed E-state index contributed by atoms with van der Waals surface area (Å²) in [6, 6.07) is 4.42. The van der Waals surface area contributed by atoms with Crippen molar-refractivity contribution in [3.05, 3.63) is 48.0 Å². The van der Waals surface area contributed by atoms with Crippen molar-refractivity contribution in [3.63, 3.8) is 0 Å². The molecule has 0 unspecified atom stereocenters.